The number of unbranched alkanes of at least 4 members (excludes halogenated alkanes) is 10. The molecule has 1 aromatic carbocycles. The van der Waals surface area contributed by atoms with Gasteiger partial charge in [0.1, 0.15) is 5.75 Å². The highest BCUT2D eigenvalue weighted by Gasteiger charge is 2.06. The van der Waals surface area contributed by atoms with Gasteiger partial charge in [-0.3, -0.25) is 0 Å². The number of hydrogen-bond donors (Lipinski definition) is 1. The minimum Gasteiger partial charge on any atom is -0.494 e. The van der Waals surface area contributed by atoms with Crippen LogP contribution in [0.2, 0.25) is 0 Å². The number of nitrogen functional groups attached to an aromatic ring is 1. The van der Waals surface area contributed by atoms with E-state index in [2.05, 4.69) is 17.1 Å². The van der Waals surface area contributed by atoms with E-state index in [1.54, 1.807) is 0 Å². The predicted octanol–water partition coefficient (Wildman–Crippen LogP) is 6.01. The molecule has 2 aromatic rings. The Hall–Kier alpha value is -2.04. The SMILES string of the molecule is CCCCCCCCCCCCCOc1ccc(-c2nnc(N)o2)cc1. The van der Waals surface area contributed by atoms with Gasteiger partial charge >= 0.3 is 6.01 Å². The Morgan fingerprint density at radius 1 is 0.808 bits per heavy atom. The molecule has 0 fully saturated rings. The molecule has 0 amide bonds. The number of anilines is 1. The molecule has 2 rings (SSSR count). The molecular weight excluding hydrogens is 326 g/mol. The number of nitrogens with zero attached hydrogens (tertiary/aromatic N) is 2. The molecule has 0 radical (unpaired) electrons. The molecule has 5 nitrogen and oxygen atoms in total. The van der Waals surface area contributed by atoms with Crippen molar-refractivity contribution < 1.29 is 9.15 Å². The number of benzene rings is 1. The second-order valence-corrected chi connectivity index (χ2v) is 6.85. The quantitative estimate of drug-likeness (QED) is 0.418. The standard InChI is InChI=1S/C21H33N3O2/c1-2-3-4-5-6-7-8-9-10-11-12-17-25-19-15-13-18(14-16-19)20-23-24-21(22)26-20/h13-16H,2-12,17H2,1H3,(H2,22,24). The van der Waals surface area contributed by atoms with Crippen molar-refractivity contribution in [3.63, 3.8) is 0 Å². The average molecular weight is 360 g/mol. The normalized spacial score (nSPS) is 11.0. The lowest BCUT2D eigenvalue weighted by atomic mass is 10.1. The van der Waals surface area contributed by atoms with E-state index in [1.807, 2.05) is 24.3 Å². The van der Waals surface area contributed by atoms with Crippen LogP contribution < -0.4 is 10.5 Å². The summed E-state index contributed by atoms with van der Waals surface area (Å²) < 4.78 is 11.0. The van der Waals surface area contributed by atoms with Gasteiger partial charge in [-0.05, 0) is 30.7 Å². The van der Waals surface area contributed by atoms with Crippen molar-refractivity contribution >= 4 is 6.01 Å². The molecule has 1 aromatic heterocycles. The second-order valence-electron chi connectivity index (χ2n) is 6.85. The third-order valence-corrected chi connectivity index (χ3v) is 4.56. The maximum absolute atomic E-state index is 5.79. The van der Waals surface area contributed by atoms with Gasteiger partial charge < -0.3 is 14.9 Å². The largest absolute Gasteiger partial charge is 0.494 e. The summed E-state index contributed by atoms with van der Waals surface area (Å²) in [7, 11) is 0. The van der Waals surface area contributed by atoms with Gasteiger partial charge in [0.15, 0.2) is 0 Å². The van der Waals surface area contributed by atoms with E-state index in [0.29, 0.717) is 5.89 Å². The first-order chi connectivity index (χ1) is 12.8. The van der Waals surface area contributed by atoms with Gasteiger partial charge in [-0.1, -0.05) is 76.2 Å². The van der Waals surface area contributed by atoms with E-state index in [0.717, 1.165) is 24.3 Å². The third-order valence-electron chi connectivity index (χ3n) is 4.56. The van der Waals surface area contributed by atoms with Gasteiger partial charge in [-0.2, -0.15) is 0 Å². The summed E-state index contributed by atoms with van der Waals surface area (Å²) >= 11 is 0. The molecule has 2 N–H and O–H groups in total. The van der Waals surface area contributed by atoms with Crippen molar-refractivity contribution in [1.29, 1.82) is 0 Å². The van der Waals surface area contributed by atoms with Crippen molar-refractivity contribution in [3.05, 3.63) is 24.3 Å². The van der Waals surface area contributed by atoms with E-state index in [1.165, 1.54) is 64.2 Å². The first kappa shape index (κ1) is 20.3. The number of rotatable bonds is 14. The highest BCUT2D eigenvalue weighted by molar-refractivity contribution is 5.54. The Bertz CT molecular complexity index is 596. The maximum atomic E-state index is 5.79. The Morgan fingerprint density at radius 3 is 1.92 bits per heavy atom. The van der Waals surface area contributed by atoms with Crippen molar-refractivity contribution in [3.8, 4) is 17.2 Å². The zero-order chi connectivity index (χ0) is 18.5. The number of nitrogens with two attached hydrogens (primary N) is 1. The number of aromatic nitrogens is 2. The maximum Gasteiger partial charge on any atom is 0.313 e. The molecule has 0 aliphatic carbocycles. The van der Waals surface area contributed by atoms with Crippen LogP contribution >= 0.6 is 0 Å². The van der Waals surface area contributed by atoms with Crippen molar-refractivity contribution in [1.82, 2.24) is 10.2 Å². The minimum absolute atomic E-state index is 0.0804. The summed E-state index contributed by atoms with van der Waals surface area (Å²) in [5, 5.41) is 7.53. The van der Waals surface area contributed by atoms with Crippen molar-refractivity contribution in [2.45, 2.75) is 77.6 Å². The molecule has 5 heteroatoms. The van der Waals surface area contributed by atoms with Gasteiger partial charge in [-0.15, -0.1) is 5.10 Å². The predicted molar refractivity (Wildman–Crippen MR) is 106 cm³/mol. The molecule has 0 spiro atoms. The molecule has 0 atom stereocenters. The molecule has 1 heterocycles. The van der Waals surface area contributed by atoms with E-state index < -0.39 is 0 Å². The smallest absolute Gasteiger partial charge is 0.313 e. The molecule has 0 aliphatic rings. The highest BCUT2D eigenvalue weighted by Crippen LogP contribution is 2.22. The lowest BCUT2D eigenvalue weighted by Crippen LogP contribution is -1.97. The van der Waals surface area contributed by atoms with E-state index in [4.69, 9.17) is 14.9 Å². The van der Waals surface area contributed by atoms with Gasteiger partial charge in [0.05, 0.1) is 6.61 Å². The topological polar surface area (TPSA) is 74.2 Å². The van der Waals surface area contributed by atoms with Crippen LogP contribution in [0, 0.1) is 0 Å². The first-order valence-corrected chi connectivity index (χ1v) is 10.1. The number of hydrogen-bond acceptors (Lipinski definition) is 5. The first-order valence-electron chi connectivity index (χ1n) is 10.1. The monoisotopic (exact) mass is 359 g/mol. The number of ether oxygens (including phenoxy) is 1. The lowest BCUT2D eigenvalue weighted by Gasteiger charge is -2.06. The van der Waals surface area contributed by atoms with Crippen LogP contribution in [0.25, 0.3) is 11.5 Å². The van der Waals surface area contributed by atoms with E-state index in [9.17, 15) is 0 Å². The van der Waals surface area contributed by atoms with Gasteiger partial charge in [-0.25, -0.2) is 0 Å². The molecule has 26 heavy (non-hydrogen) atoms. The Morgan fingerprint density at radius 2 is 1.38 bits per heavy atom. The van der Waals surface area contributed by atoms with Crippen molar-refractivity contribution in [2.75, 3.05) is 12.3 Å². The molecule has 144 valence electrons. The van der Waals surface area contributed by atoms with Crippen molar-refractivity contribution in [2.24, 2.45) is 0 Å². The fourth-order valence-corrected chi connectivity index (χ4v) is 3.00. The minimum atomic E-state index is 0.0804. The summed E-state index contributed by atoms with van der Waals surface area (Å²) in [6, 6.07) is 7.74. The Labute approximate surface area is 157 Å². The van der Waals surface area contributed by atoms with Crippen LogP contribution in [-0.4, -0.2) is 16.8 Å². The molecule has 0 unspecified atom stereocenters. The molecule has 0 bridgehead atoms. The van der Waals surface area contributed by atoms with E-state index >= 15 is 0 Å². The summed E-state index contributed by atoms with van der Waals surface area (Å²) in [5.41, 5.74) is 6.28. The lowest BCUT2D eigenvalue weighted by molar-refractivity contribution is 0.304. The molecule has 0 saturated carbocycles. The zero-order valence-electron chi connectivity index (χ0n) is 16.1. The van der Waals surface area contributed by atoms with Crippen LogP contribution in [0.1, 0.15) is 77.6 Å². The van der Waals surface area contributed by atoms with Crippen LogP contribution in [0.15, 0.2) is 28.7 Å². The van der Waals surface area contributed by atoms with Gasteiger partial charge in [0, 0.05) is 5.56 Å². The second kappa shape index (κ2) is 12.3. The Balaban J connectivity index is 1.47. The molecule has 0 aliphatic heterocycles. The van der Waals surface area contributed by atoms with Crippen LogP contribution in [0.3, 0.4) is 0 Å². The summed E-state index contributed by atoms with van der Waals surface area (Å²) in [6.45, 7) is 3.04. The Kier molecular flexibility index (Phi) is 9.62. The van der Waals surface area contributed by atoms with Gasteiger partial charge in [0.2, 0.25) is 5.89 Å². The van der Waals surface area contributed by atoms with Crippen LogP contribution in [0.4, 0.5) is 6.01 Å². The summed E-state index contributed by atoms with van der Waals surface area (Å²) in [6.07, 6.45) is 14.8. The molecular formula is C21H33N3O2. The summed E-state index contributed by atoms with van der Waals surface area (Å²) in [4.78, 5) is 0. The molecule has 0 saturated heterocycles. The van der Waals surface area contributed by atoms with E-state index in [-0.39, 0.29) is 6.01 Å². The zero-order valence-corrected chi connectivity index (χ0v) is 16.1. The van der Waals surface area contributed by atoms with Crippen LogP contribution in [0.5, 0.6) is 5.75 Å². The van der Waals surface area contributed by atoms with Crippen LogP contribution in [-0.2, 0) is 0 Å². The third kappa shape index (κ3) is 7.89. The fraction of sp³-hybridized carbons (Fsp3) is 0.619. The summed E-state index contributed by atoms with van der Waals surface area (Å²) in [5.74, 6) is 1.30. The fourth-order valence-electron chi connectivity index (χ4n) is 3.00. The van der Waals surface area contributed by atoms with Gasteiger partial charge in [0.25, 0.3) is 0 Å². The average Bonchev–Trinajstić information content (AvgIpc) is 3.09. The highest BCUT2D eigenvalue weighted by atomic mass is 16.5.